The molecule has 2 aromatic rings. The third-order valence-electron chi connectivity index (χ3n) is 4.52. The molecular formula is C20H25ClN4O2. The van der Waals surface area contributed by atoms with Crippen LogP contribution in [0.15, 0.2) is 42.5 Å². The largest absolute Gasteiger partial charge is 0.337 e. The van der Waals surface area contributed by atoms with Crippen LogP contribution < -0.4 is 16.4 Å². The van der Waals surface area contributed by atoms with E-state index in [0.29, 0.717) is 19.5 Å². The van der Waals surface area contributed by atoms with E-state index in [1.807, 2.05) is 49.4 Å². The Morgan fingerprint density at radius 1 is 1.11 bits per heavy atom. The van der Waals surface area contributed by atoms with Crippen molar-refractivity contribution in [2.45, 2.75) is 32.9 Å². The van der Waals surface area contributed by atoms with E-state index in [1.54, 1.807) is 11.8 Å². The second kappa shape index (κ2) is 8.88. The summed E-state index contributed by atoms with van der Waals surface area (Å²) in [6.07, 6.45) is 0.689. The van der Waals surface area contributed by atoms with Gasteiger partial charge in [-0.25, -0.2) is 4.79 Å². The molecule has 27 heavy (non-hydrogen) atoms. The Morgan fingerprint density at radius 2 is 1.81 bits per heavy atom. The highest BCUT2D eigenvalue weighted by Crippen LogP contribution is 2.26. The van der Waals surface area contributed by atoms with Crippen LogP contribution in [0.5, 0.6) is 0 Å². The number of fused-ring (bicyclic) bond motifs is 1. The number of aryl methyl sites for hydroxylation is 1. The molecule has 1 atom stereocenters. The summed E-state index contributed by atoms with van der Waals surface area (Å²) >= 11 is 0. The molecule has 0 spiro atoms. The van der Waals surface area contributed by atoms with Crippen LogP contribution in [0.25, 0.3) is 0 Å². The molecule has 1 heterocycles. The van der Waals surface area contributed by atoms with Crippen molar-refractivity contribution < 1.29 is 9.59 Å². The molecule has 0 aromatic heterocycles. The highest BCUT2D eigenvalue weighted by Gasteiger charge is 2.24. The number of hydrogen-bond donors (Lipinski definition) is 3. The molecule has 4 N–H and O–H groups in total. The molecule has 0 unspecified atom stereocenters. The number of hydrogen-bond acceptors (Lipinski definition) is 3. The molecule has 0 aliphatic carbocycles. The lowest BCUT2D eigenvalue weighted by molar-refractivity contribution is -0.133. The van der Waals surface area contributed by atoms with Crippen LogP contribution in [-0.2, 0) is 17.8 Å². The summed E-state index contributed by atoms with van der Waals surface area (Å²) in [7, 11) is 0. The number of benzene rings is 2. The van der Waals surface area contributed by atoms with Crippen LogP contribution in [0, 0.1) is 6.92 Å². The van der Waals surface area contributed by atoms with E-state index in [9.17, 15) is 9.59 Å². The molecule has 0 radical (unpaired) electrons. The fraction of sp³-hybridized carbons (Fsp3) is 0.300. The van der Waals surface area contributed by atoms with Crippen LogP contribution in [-0.4, -0.2) is 29.4 Å². The molecule has 2 aromatic carbocycles. The van der Waals surface area contributed by atoms with Gasteiger partial charge in [-0.3, -0.25) is 4.79 Å². The average molecular weight is 389 g/mol. The van der Waals surface area contributed by atoms with E-state index in [4.69, 9.17) is 5.73 Å². The van der Waals surface area contributed by atoms with Crippen LogP contribution >= 0.6 is 12.4 Å². The van der Waals surface area contributed by atoms with Gasteiger partial charge in [0.15, 0.2) is 0 Å². The molecule has 7 heteroatoms. The first-order chi connectivity index (χ1) is 12.4. The second-order valence-electron chi connectivity index (χ2n) is 6.69. The number of anilines is 2. The van der Waals surface area contributed by atoms with Gasteiger partial charge in [-0.05, 0) is 49.6 Å². The summed E-state index contributed by atoms with van der Waals surface area (Å²) in [5.41, 5.74) is 10.5. The number of amides is 3. The Bertz CT molecular complexity index is 821. The predicted octanol–water partition coefficient (Wildman–Crippen LogP) is 3.29. The fourth-order valence-electron chi connectivity index (χ4n) is 3.12. The van der Waals surface area contributed by atoms with Crippen LogP contribution in [0.4, 0.5) is 16.2 Å². The van der Waals surface area contributed by atoms with Crippen molar-refractivity contribution in [1.29, 1.82) is 0 Å². The number of halogens is 1. The summed E-state index contributed by atoms with van der Waals surface area (Å²) in [5, 5.41) is 5.76. The van der Waals surface area contributed by atoms with E-state index in [1.165, 1.54) is 0 Å². The Hall–Kier alpha value is -2.57. The lowest BCUT2D eigenvalue weighted by Crippen LogP contribution is -2.44. The lowest BCUT2D eigenvalue weighted by Gasteiger charge is -2.31. The van der Waals surface area contributed by atoms with Gasteiger partial charge in [-0.1, -0.05) is 29.8 Å². The minimum Gasteiger partial charge on any atom is -0.337 e. The highest BCUT2D eigenvalue weighted by atomic mass is 35.5. The second-order valence-corrected chi connectivity index (χ2v) is 6.69. The molecule has 0 bridgehead atoms. The first-order valence-corrected chi connectivity index (χ1v) is 8.74. The zero-order chi connectivity index (χ0) is 18.7. The minimum atomic E-state index is -0.502. The molecule has 1 aliphatic heterocycles. The average Bonchev–Trinajstić information content (AvgIpc) is 2.62. The molecule has 6 nitrogen and oxygen atoms in total. The van der Waals surface area contributed by atoms with Gasteiger partial charge in [0.1, 0.15) is 0 Å². The molecule has 3 rings (SSSR count). The van der Waals surface area contributed by atoms with Crippen molar-refractivity contribution in [3.63, 3.8) is 0 Å². The summed E-state index contributed by atoms with van der Waals surface area (Å²) in [6, 6.07) is 12.6. The summed E-state index contributed by atoms with van der Waals surface area (Å²) < 4.78 is 0. The monoisotopic (exact) mass is 388 g/mol. The summed E-state index contributed by atoms with van der Waals surface area (Å²) in [4.78, 5) is 26.2. The van der Waals surface area contributed by atoms with E-state index in [-0.39, 0.29) is 24.3 Å². The maximum atomic E-state index is 12.3. The van der Waals surface area contributed by atoms with Gasteiger partial charge in [0.2, 0.25) is 5.91 Å². The SMILES string of the molecule is Cc1ccc(NC(=O)Nc2cccc3c2CCN(C(=O)[C@H](C)N)C3)cc1.Cl. The van der Waals surface area contributed by atoms with Crippen molar-refractivity contribution in [2.75, 3.05) is 17.2 Å². The number of nitrogens with zero attached hydrogens (tertiary/aromatic N) is 1. The number of urea groups is 1. The molecular weight excluding hydrogens is 364 g/mol. The van der Waals surface area contributed by atoms with Gasteiger partial charge >= 0.3 is 6.03 Å². The van der Waals surface area contributed by atoms with Gasteiger partial charge < -0.3 is 21.3 Å². The number of rotatable bonds is 3. The van der Waals surface area contributed by atoms with Crippen LogP contribution in [0.1, 0.15) is 23.6 Å². The minimum absolute atomic E-state index is 0. The number of carbonyl (C=O) groups excluding carboxylic acids is 2. The Labute approximate surface area is 165 Å². The van der Waals surface area contributed by atoms with Gasteiger partial charge in [-0.2, -0.15) is 0 Å². The maximum Gasteiger partial charge on any atom is 0.323 e. The third-order valence-corrected chi connectivity index (χ3v) is 4.52. The number of nitrogens with two attached hydrogens (primary N) is 1. The normalized spacial score (nSPS) is 13.8. The maximum absolute atomic E-state index is 12.3. The summed E-state index contributed by atoms with van der Waals surface area (Å²) in [6.45, 7) is 4.82. The standard InChI is InChI=1S/C20H24N4O2.ClH/c1-13-6-8-16(9-7-13)22-20(26)23-18-5-3-4-15-12-24(11-10-17(15)18)19(25)14(2)21;/h3-9,14H,10-12,21H2,1-2H3,(H2,22,23,26);1H/t14-;/m0./s1. The van der Waals surface area contributed by atoms with Crippen LogP contribution in [0.2, 0.25) is 0 Å². The van der Waals surface area contributed by atoms with Crippen molar-refractivity contribution in [3.8, 4) is 0 Å². The van der Waals surface area contributed by atoms with Gasteiger partial charge in [-0.15, -0.1) is 12.4 Å². The van der Waals surface area contributed by atoms with Crippen molar-refractivity contribution >= 4 is 35.7 Å². The first-order valence-electron chi connectivity index (χ1n) is 8.74. The fourth-order valence-corrected chi connectivity index (χ4v) is 3.12. The smallest absolute Gasteiger partial charge is 0.323 e. The third kappa shape index (κ3) is 4.99. The molecule has 1 aliphatic rings. The van der Waals surface area contributed by atoms with Crippen molar-refractivity contribution in [1.82, 2.24) is 4.90 Å². The molecule has 0 saturated carbocycles. The van der Waals surface area contributed by atoms with E-state index in [2.05, 4.69) is 10.6 Å². The molecule has 144 valence electrons. The lowest BCUT2D eigenvalue weighted by atomic mass is 9.97. The van der Waals surface area contributed by atoms with Gasteiger partial charge in [0.25, 0.3) is 0 Å². The van der Waals surface area contributed by atoms with Crippen molar-refractivity contribution in [2.24, 2.45) is 5.73 Å². The van der Waals surface area contributed by atoms with E-state index < -0.39 is 6.04 Å². The Morgan fingerprint density at radius 3 is 2.48 bits per heavy atom. The highest BCUT2D eigenvalue weighted by molar-refractivity contribution is 6.00. The van der Waals surface area contributed by atoms with E-state index >= 15 is 0 Å². The van der Waals surface area contributed by atoms with Crippen molar-refractivity contribution in [3.05, 3.63) is 59.2 Å². The first kappa shape index (κ1) is 20.7. The molecule has 0 fully saturated rings. The zero-order valence-electron chi connectivity index (χ0n) is 15.5. The number of carbonyl (C=O) groups is 2. The zero-order valence-corrected chi connectivity index (χ0v) is 16.3. The van der Waals surface area contributed by atoms with Gasteiger partial charge in [0.05, 0.1) is 6.04 Å². The molecule has 0 saturated heterocycles. The van der Waals surface area contributed by atoms with Crippen LogP contribution in [0.3, 0.4) is 0 Å². The Kier molecular flexibility index (Phi) is 6.82. The van der Waals surface area contributed by atoms with Gasteiger partial charge in [0, 0.05) is 24.5 Å². The topological polar surface area (TPSA) is 87.5 Å². The quantitative estimate of drug-likeness (QED) is 0.753. The summed E-state index contributed by atoms with van der Waals surface area (Å²) in [5.74, 6) is -0.0499. The Balaban J connectivity index is 0.00000261. The van der Waals surface area contributed by atoms with E-state index in [0.717, 1.165) is 28.1 Å². The number of nitrogens with one attached hydrogen (secondary N) is 2. The molecule has 3 amide bonds. The predicted molar refractivity (Wildman–Crippen MR) is 110 cm³/mol.